The van der Waals surface area contributed by atoms with Gasteiger partial charge in [-0.05, 0) is 72.8 Å². The van der Waals surface area contributed by atoms with E-state index < -0.39 is 10.0 Å². The smallest absolute Gasteiger partial charge is 0.284 e. The van der Waals surface area contributed by atoms with Gasteiger partial charge in [0.05, 0.1) is 46.2 Å². The van der Waals surface area contributed by atoms with Crippen molar-refractivity contribution in [1.82, 2.24) is 9.78 Å². The first-order valence-electron chi connectivity index (χ1n) is 13.5. The number of nitrogens with zero attached hydrogens (tertiary/aromatic N) is 6. The summed E-state index contributed by atoms with van der Waals surface area (Å²) in [6.07, 6.45) is 5.95. The molecular formula is C31H23ClN6O4S2. The van der Waals surface area contributed by atoms with Gasteiger partial charge in [0.1, 0.15) is 11.5 Å². The Hall–Kier alpha value is -4.65. The van der Waals surface area contributed by atoms with E-state index in [1.54, 1.807) is 42.7 Å². The molecule has 220 valence electrons. The molecule has 1 atom stereocenters. The fourth-order valence-electron chi connectivity index (χ4n) is 5.03. The third-order valence-corrected chi connectivity index (χ3v) is 9.74. The minimum atomic E-state index is -4.13. The lowest BCUT2D eigenvalue weighted by Crippen LogP contribution is -2.29. The summed E-state index contributed by atoms with van der Waals surface area (Å²) in [4.78, 5) is 13.9. The topological polar surface area (TPSA) is 113 Å². The molecule has 44 heavy (non-hydrogen) atoms. The Morgan fingerprint density at radius 3 is 2.39 bits per heavy atom. The molecule has 0 bridgehead atoms. The van der Waals surface area contributed by atoms with Crippen LogP contribution < -0.4 is 9.91 Å². The summed E-state index contributed by atoms with van der Waals surface area (Å²) >= 11 is 7.06. The highest BCUT2D eigenvalue weighted by molar-refractivity contribution is 8.16. The third kappa shape index (κ3) is 5.43. The lowest BCUT2D eigenvalue weighted by atomic mass is 10.0. The van der Waals surface area contributed by atoms with E-state index in [4.69, 9.17) is 21.1 Å². The average Bonchev–Trinajstić information content (AvgIpc) is 3.85. The van der Waals surface area contributed by atoms with Crippen molar-refractivity contribution < 1.29 is 17.6 Å². The van der Waals surface area contributed by atoms with E-state index in [2.05, 4.69) is 9.50 Å². The minimum absolute atomic E-state index is 0.00682. The van der Waals surface area contributed by atoms with Crippen LogP contribution in [0, 0.1) is 0 Å². The Kier molecular flexibility index (Phi) is 7.32. The number of halogens is 1. The lowest BCUT2D eigenvalue weighted by molar-refractivity contribution is -0.115. The molecule has 13 heteroatoms. The van der Waals surface area contributed by atoms with Crippen LogP contribution in [0.4, 0.5) is 11.4 Å². The van der Waals surface area contributed by atoms with Gasteiger partial charge in [-0.2, -0.15) is 18.6 Å². The zero-order valence-electron chi connectivity index (χ0n) is 22.9. The normalized spacial score (nSPS) is 17.9. The Bertz CT molecular complexity index is 1990. The predicted octanol–water partition coefficient (Wildman–Crippen LogP) is 6.30. The number of amides is 1. The van der Waals surface area contributed by atoms with E-state index in [1.807, 2.05) is 64.5 Å². The van der Waals surface area contributed by atoms with Crippen molar-refractivity contribution in [3.05, 3.63) is 126 Å². The second-order valence-corrected chi connectivity index (χ2v) is 13.0. The van der Waals surface area contributed by atoms with Crippen molar-refractivity contribution in [2.45, 2.75) is 17.4 Å². The number of para-hydroxylation sites is 1. The Labute approximate surface area is 262 Å². The van der Waals surface area contributed by atoms with Gasteiger partial charge < -0.3 is 4.42 Å². The van der Waals surface area contributed by atoms with Crippen LogP contribution in [0.2, 0.25) is 5.02 Å². The highest BCUT2D eigenvalue weighted by Crippen LogP contribution is 2.37. The molecule has 10 nitrogen and oxygen atoms in total. The number of thioether (sulfide) groups is 1. The summed E-state index contributed by atoms with van der Waals surface area (Å²) in [7, 11) is -4.13. The summed E-state index contributed by atoms with van der Waals surface area (Å²) in [5, 5.41) is 11.9. The molecule has 7 rings (SSSR count). The number of anilines is 2. The standard InChI is InChI=1S/C31H23ClN6O4S2/c32-22-8-10-24(11-9-22)37-30(39)20-43-31(37)35-44(40,41)26-14-12-25(13-15-26)38-28(17-27(34-38)29-7-4-16-42-29)21-18-33-36(19-21)23-5-2-1-3-6-23/h1-16,18-19,28H,17,20H2/b35-31+. The van der Waals surface area contributed by atoms with E-state index in [0.29, 0.717) is 28.6 Å². The number of hydrogen-bond acceptors (Lipinski definition) is 8. The molecule has 0 radical (unpaired) electrons. The van der Waals surface area contributed by atoms with Gasteiger partial charge in [-0.25, -0.2) is 4.68 Å². The van der Waals surface area contributed by atoms with Gasteiger partial charge in [-0.15, -0.1) is 4.40 Å². The molecule has 0 N–H and O–H groups in total. The average molecular weight is 643 g/mol. The minimum Gasteiger partial charge on any atom is -0.463 e. The second kappa shape index (κ2) is 11.5. The number of hydrazone groups is 1. The van der Waals surface area contributed by atoms with Crippen molar-refractivity contribution in [3.63, 3.8) is 0 Å². The van der Waals surface area contributed by atoms with Crippen molar-refractivity contribution in [2.75, 3.05) is 15.7 Å². The Balaban J connectivity index is 1.18. The van der Waals surface area contributed by atoms with Gasteiger partial charge in [0.25, 0.3) is 10.0 Å². The van der Waals surface area contributed by atoms with Crippen molar-refractivity contribution >= 4 is 61.5 Å². The molecular weight excluding hydrogens is 620 g/mol. The molecule has 1 amide bonds. The molecule has 1 unspecified atom stereocenters. The molecule has 3 aromatic carbocycles. The zero-order valence-corrected chi connectivity index (χ0v) is 25.3. The summed E-state index contributed by atoms with van der Waals surface area (Å²) in [6, 6.07) is 26.2. The number of benzene rings is 3. The highest BCUT2D eigenvalue weighted by atomic mass is 35.5. The number of rotatable bonds is 7. The molecule has 0 aliphatic carbocycles. The monoisotopic (exact) mass is 642 g/mol. The van der Waals surface area contributed by atoms with Crippen molar-refractivity contribution in [3.8, 4) is 5.69 Å². The number of carbonyl (C=O) groups is 1. The first-order valence-corrected chi connectivity index (χ1v) is 16.3. The van der Waals surface area contributed by atoms with Crippen molar-refractivity contribution in [1.29, 1.82) is 0 Å². The van der Waals surface area contributed by atoms with Crippen LogP contribution in [0.5, 0.6) is 0 Å². The summed E-state index contributed by atoms with van der Waals surface area (Å²) < 4.78 is 38.2. The number of carbonyl (C=O) groups excluding carboxylic acids is 1. The number of hydrogen-bond donors (Lipinski definition) is 0. The first kappa shape index (κ1) is 28.1. The van der Waals surface area contributed by atoms with Crippen LogP contribution in [0.15, 0.2) is 128 Å². The molecule has 1 fully saturated rings. The maximum absolute atomic E-state index is 13.4. The van der Waals surface area contributed by atoms with Gasteiger partial charge in [0, 0.05) is 23.2 Å². The van der Waals surface area contributed by atoms with E-state index in [1.165, 1.54) is 17.0 Å². The molecule has 0 saturated carbocycles. The van der Waals surface area contributed by atoms with Crippen molar-refractivity contribution in [2.24, 2.45) is 9.50 Å². The highest BCUT2D eigenvalue weighted by Gasteiger charge is 2.34. The number of aromatic nitrogens is 2. The van der Waals surface area contributed by atoms with Gasteiger partial charge in [0.15, 0.2) is 5.17 Å². The SMILES string of the molecule is O=C1CS/C(=N/S(=O)(=O)c2ccc(N3N=C(c4ccco4)CC3c3cnn(-c4ccccc4)c3)cc2)N1c1ccc(Cl)cc1. The van der Waals surface area contributed by atoms with Gasteiger partial charge in [-0.3, -0.25) is 14.7 Å². The van der Waals surface area contributed by atoms with Crippen LogP contribution in [-0.4, -0.2) is 40.7 Å². The molecule has 4 heterocycles. The number of furan rings is 1. The molecule has 0 spiro atoms. The lowest BCUT2D eigenvalue weighted by Gasteiger charge is -2.22. The zero-order chi connectivity index (χ0) is 30.3. The largest absolute Gasteiger partial charge is 0.463 e. The molecule has 2 aromatic heterocycles. The Morgan fingerprint density at radius 1 is 0.909 bits per heavy atom. The van der Waals surface area contributed by atoms with Crippen LogP contribution in [-0.2, 0) is 14.8 Å². The van der Waals surface area contributed by atoms with Gasteiger partial charge in [0.2, 0.25) is 5.91 Å². The predicted molar refractivity (Wildman–Crippen MR) is 171 cm³/mol. The maximum Gasteiger partial charge on any atom is 0.284 e. The number of amidine groups is 1. The van der Waals surface area contributed by atoms with Crippen LogP contribution >= 0.6 is 23.4 Å². The van der Waals surface area contributed by atoms with Gasteiger partial charge in [-0.1, -0.05) is 41.6 Å². The molecule has 5 aromatic rings. The number of sulfonamides is 1. The first-order chi connectivity index (χ1) is 21.4. The van der Waals surface area contributed by atoms with Crippen LogP contribution in [0.1, 0.15) is 23.8 Å². The fraction of sp³-hybridized carbons (Fsp3) is 0.0968. The summed E-state index contributed by atoms with van der Waals surface area (Å²) in [5.74, 6) is 0.489. The molecule has 1 saturated heterocycles. The van der Waals surface area contributed by atoms with Gasteiger partial charge >= 0.3 is 0 Å². The van der Waals surface area contributed by atoms with E-state index in [0.717, 1.165) is 28.7 Å². The third-order valence-electron chi connectivity index (χ3n) is 7.17. The quantitative estimate of drug-likeness (QED) is 0.205. The fourth-order valence-corrected chi connectivity index (χ4v) is 7.25. The molecule has 2 aliphatic rings. The summed E-state index contributed by atoms with van der Waals surface area (Å²) in [6.45, 7) is 0. The maximum atomic E-state index is 13.4. The molecule has 2 aliphatic heterocycles. The Morgan fingerprint density at radius 2 is 1.66 bits per heavy atom. The van der Waals surface area contributed by atoms with E-state index in [-0.39, 0.29) is 27.8 Å². The van der Waals surface area contributed by atoms with E-state index >= 15 is 0 Å². The van der Waals surface area contributed by atoms with Crippen LogP contribution in [0.25, 0.3) is 5.69 Å². The van der Waals surface area contributed by atoms with E-state index in [9.17, 15) is 13.2 Å². The summed E-state index contributed by atoms with van der Waals surface area (Å²) in [5.41, 5.74) is 3.81. The second-order valence-electron chi connectivity index (χ2n) is 9.98. The van der Waals surface area contributed by atoms with Crippen LogP contribution in [0.3, 0.4) is 0 Å².